The molecule has 1 aromatic carbocycles. The number of pyridine rings is 1. The zero-order valence-electron chi connectivity index (χ0n) is 12.9. The number of hydrogen-bond donors (Lipinski definition) is 2. The number of hydrogen-bond acceptors (Lipinski definition) is 3. The Balaban J connectivity index is 1.85. The minimum Gasteiger partial charge on any atom is -0.481 e. The van der Waals surface area contributed by atoms with Gasteiger partial charge in [0.15, 0.2) is 0 Å². The quantitative estimate of drug-likeness (QED) is 0.854. The molecule has 0 radical (unpaired) electrons. The molecule has 0 saturated heterocycles. The first-order valence-corrected chi connectivity index (χ1v) is 8.03. The van der Waals surface area contributed by atoms with E-state index in [0.29, 0.717) is 18.4 Å². The van der Waals surface area contributed by atoms with Crippen molar-refractivity contribution < 1.29 is 14.7 Å². The standard InChI is InChI=1S/C18H20N2O3/c21-17(15-11-19-10-12-6-4-5-7-13(12)15)20-16-9-3-1-2-8-14(16)18(22)23/h4-7,10-11,14,16H,1-3,8-9H2,(H,20,21)(H,22,23)/t14-,16+/m1/s1. The number of amides is 1. The molecular formula is C18H20N2O3. The van der Waals surface area contributed by atoms with E-state index >= 15 is 0 Å². The Labute approximate surface area is 134 Å². The van der Waals surface area contributed by atoms with Gasteiger partial charge in [-0.3, -0.25) is 14.6 Å². The number of nitrogens with one attached hydrogen (secondary N) is 1. The highest BCUT2D eigenvalue weighted by molar-refractivity contribution is 6.06. The van der Waals surface area contributed by atoms with E-state index in [2.05, 4.69) is 10.3 Å². The van der Waals surface area contributed by atoms with Crippen LogP contribution in [-0.2, 0) is 4.79 Å². The van der Waals surface area contributed by atoms with Gasteiger partial charge in [0.05, 0.1) is 11.5 Å². The fraction of sp³-hybridized carbons (Fsp3) is 0.389. The van der Waals surface area contributed by atoms with Crippen molar-refractivity contribution in [1.29, 1.82) is 0 Å². The Bertz CT molecular complexity index is 724. The van der Waals surface area contributed by atoms with Crippen LogP contribution < -0.4 is 5.32 Å². The van der Waals surface area contributed by atoms with E-state index in [4.69, 9.17) is 0 Å². The molecular weight excluding hydrogens is 292 g/mol. The first-order chi connectivity index (χ1) is 11.2. The molecule has 1 aliphatic rings. The van der Waals surface area contributed by atoms with Crippen molar-refractivity contribution >= 4 is 22.6 Å². The number of aromatic nitrogens is 1. The smallest absolute Gasteiger partial charge is 0.308 e. The lowest BCUT2D eigenvalue weighted by Crippen LogP contribution is -2.42. The molecule has 3 rings (SSSR count). The first-order valence-electron chi connectivity index (χ1n) is 8.03. The third-order valence-electron chi connectivity index (χ3n) is 4.56. The molecule has 120 valence electrons. The van der Waals surface area contributed by atoms with E-state index in [-0.39, 0.29) is 11.9 Å². The van der Waals surface area contributed by atoms with Gasteiger partial charge in [0.2, 0.25) is 0 Å². The summed E-state index contributed by atoms with van der Waals surface area (Å²) >= 11 is 0. The van der Waals surface area contributed by atoms with Crippen LogP contribution in [0.2, 0.25) is 0 Å². The van der Waals surface area contributed by atoms with Crippen molar-refractivity contribution in [1.82, 2.24) is 10.3 Å². The van der Waals surface area contributed by atoms with E-state index in [1.54, 1.807) is 12.4 Å². The SMILES string of the molecule is O=C(N[C@H]1CCCCC[C@H]1C(=O)O)c1cncc2ccccc12. The highest BCUT2D eigenvalue weighted by atomic mass is 16.4. The average Bonchev–Trinajstić information content (AvgIpc) is 2.79. The van der Waals surface area contributed by atoms with Crippen LogP contribution in [0.3, 0.4) is 0 Å². The van der Waals surface area contributed by atoms with Crippen LogP contribution in [0.15, 0.2) is 36.7 Å². The lowest BCUT2D eigenvalue weighted by molar-refractivity contribution is -0.142. The van der Waals surface area contributed by atoms with E-state index in [9.17, 15) is 14.7 Å². The molecule has 2 atom stereocenters. The van der Waals surface area contributed by atoms with Gasteiger partial charge in [0.25, 0.3) is 5.91 Å². The second-order valence-electron chi connectivity index (χ2n) is 6.07. The van der Waals surface area contributed by atoms with Crippen LogP contribution in [0.25, 0.3) is 10.8 Å². The Kier molecular flexibility index (Phi) is 4.55. The van der Waals surface area contributed by atoms with Gasteiger partial charge in [-0.15, -0.1) is 0 Å². The highest BCUT2D eigenvalue weighted by Crippen LogP contribution is 2.25. The summed E-state index contributed by atoms with van der Waals surface area (Å²) in [6.07, 6.45) is 7.46. The molecule has 0 unspecified atom stereocenters. The number of carbonyl (C=O) groups excluding carboxylic acids is 1. The second kappa shape index (κ2) is 6.77. The van der Waals surface area contributed by atoms with Crippen molar-refractivity contribution in [3.05, 3.63) is 42.2 Å². The van der Waals surface area contributed by atoms with E-state index in [1.165, 1.54) is 0 Å². The first kappa shape index (κ1) is 15.5. The van der Waals surface area contributed by atoms with Crippen LogP contribution in [-0.4, -0.2) is 28.0 Å². The molecule has 0 bridgehead atoms. The Morgan fingerprint density at radius 3 is 2.70 bits per heavy atom. The van der Waals surface area contributed by atoms with Crippen LogP contribution in [0.5, 0.6) is 0 Å². The highest BCUT2D eigenvalue weighted by Gasteiger charge is 2.31. The molecule has 1 fully saturated rings. The summed E-state index contributed by atoms with van der Waals surface area (Å²) in [7, 11) is 0. The summed E-state index contributed by atoms with van der Waals surface area (Å²) in [5, 5.41) is 14.1. The number of rotatable bonds is 3. The Morgan fingerprint density at radius 1 is 1.09 bits per heavy atom. The normalized spacial score (nSPS) is 21.6. The molecule has 5 nitrogen and oxygen atoms in total. The number of benzene rings is 1. The van der Waals surface area contributed by atoms with Crippen LogP contribution in [0, 0.1) is 5.92 Å². The zero-order chi connectivity index (χ0) is 16.2. The molecule has 5 heteroatoms. The number of carbonyl (C=O) groups is 2. The van der Waals surface area contributed by atoms with Crippen LogP contribution >= 0.6 is 0 Å². The van der Waals surface area contributed by atoms with Gasteiger partial charge in [0.1, 0.15) is 0 Å². The van der Waals surface area contributed by atoms with Crippen molar-refractivity contribution in [2.45, 2.75) is 38.1 Å². The monoisotopic (exact) mass is 312 g/mol. The maximum Gasteiger partial charge on any atom is 0.308 e. The molecule has 2 aromatic rings. The maximum atomic E-state index is 12.7. The third kappa shape index (κ3) is 3.33. The molecule has 1 amide bonds. The lowest BCUT2D eigenvalue weighted by Gasteiger charge is -2.23. The van der Waals surface area contributed by atoms with Gasteiger partial charge in [-0.2, -0.15) is 0 Å². The molecule has 23 heavy (non-hydrogen) atoms. The van der Waals surface area contributed by atoms with Gasteiger partial charge in [-0.05, 0) is 18.2 Å². The summed E-state index contributed by atoms with van der Waals surface area (Å²) in [6.45, 7) is 0. The zero-order valence-corrected chi connectivity index (χ0v) is 12.9. The fourth-order valence-corrected chi connectivity index (χ4v) is 3.32. The minimum atomic E-state index is -0.826. The van der Waals surface area contributed by atoms with Gasteiger partial charge < -0.3 is 10.4 Å². The minimum absolute atomic E-state index is 0.243. The molecule has 1 aromatic heterocycles. The molecule has 0 spiro atoms. The third-order valence-corrected chi connectivity index (χ3v) is 4.56. The van der Waals surface area contributed by atoms with E-state index in [0.717, 1.165) is 30.0 Å². The summed E-state index contributed by atoms with van der Waals surface area (Å²) in [6, 6.07) is 7.25. The van der Waals surface area contributed by atoms with Crippen molar-refractivity contribution in [3.63, 3.8) is 0 Å². The largest absolute Gasteiger partial charge is 0.481 e. The van der Waals surface area contributed by atoms with E-state index < -0.39 is 11.9 Å². The predicted molar refractivity (Wildman–Crippen MR) is 87.2 cm³/mol. The average molecular weight is 312 g/mol. The number of fused-ring (bicyclic) bond motifs is 1. The Hall–Kier alpha value is -2.43. The molecule has 2 N–H and O–H groups in total. The molecule has 1 heterocycles. The van der Waals surface area contributed by atoms with Gasteiger partial charge in [-0.1, -0.05) is 43.5 Å². The van der Waals surface area contributed by atoms with Crippen molar-refractivity contribution in [2.24, 2.45) is 5.92 Å². The van der Waals surface area contributed by atoms with Crippen LogP contribution in [0.1, 0.15) is 42.5 Å². The number of carboxylic acids is 1. The van der Waals surface area contributed by atoms with Crippen molar-refractivity contribution in [3.8, 4) is 0 Å². The number of aliphatic carboxylic acids is 1. The summed E-state index contributed by atoms with van der Waals surface area (Å²) in [5.74, 6) is -1.58. The van der Waals surface area contributed by atoms with Crippen LogP contribution in [0.4, 0.5) is 0 Å². The van der Waals surface area contributed by atoms with Gasteiger partial charge in [0, 0.05) is 23.8 Å². The summed E-state index contributed by atoms with van der Waals surface area (Å²) in [4.78, 5) is 28.3. The predicted octanol–water partition coefficient (Wildman–Crippen LogP) is 3.00. The fourth-order valence-electron chi connectivity index (χ4n) is 3.32. The van der Waals surface area contributed by atoms with Gasteiger partial charge >= 0.3 is 5.97 Å². The van der Waals surface area contributed by atoms with E-state index in [1.807, 2.05) is 24.3 Å². The van der Waals surface area contributed by atoms with Gasteiger partial charge in [-0.25, -0.2) is 0 Å². The maximum absolute atomic E-state index is 12.7. The lowest BCUT2D eigenvalue weighted by atomic mass is 9.94. The summed E-state index contributed by atoms with van der Waals surface area (Å²) in [5.41, 5.74) is 0.497. The molecule has 0 aliphatic heterocycles. The number of nitrogens with zero attached hydrogens (tertiary/aromatic N) is 1. The molecule has 1 saturated carbocycles. The second-order valence-corrected chi connectivity index (χ2v) is 6.07. The Morgan fingerprint density at radius 2 is 1.87 bits per heavy atom. The summed E-state index contributed by atoms with van der Waals surface area (Å²) < 4.78 is 0. The topological polar surface area (TPSA) is 79.3 Å². The number of carboxylic acid groups (broad SMARTS) is 1. The van der Waals surface area contributed by atoms with Crippen molar-refractivity contribution in [2.75, 3.05) is 0 Å². The molecule has 1 aliphatic carbocycles.